The van der Waals surface area contributed by atoms with Crippen molar-refractivity contribution in [2.75, 3.05) is 0 Å². The molecule has 0 atom stereocenters. The lowest BCUT2D eigenvalue weighted by Gasteiger charge is -2.07. The molecular weight excluding hydrogens is 334 g/mol. The molecule has 0 N–H and O–H groups in total. The molecule has 0 aliphatic rings. The number of thiophene rings is 1. The molecule has 0 spiro atoms. The Kier molecular flexibility index (Phi) is 3.09. The average molecular weight is 346 g/mol. The van der Waals surface area contributed by atoms with Gasteiger partial charge in [-0.3, -0.25) is 4.98 Å². The van der Waals surface area contributed by atoms with Crippen molar-refractivity contribution in [2.24, 2.45) is 0 Å². The summed E-state index contributed by atoms with van der Waals surface area (Å²) < 4.78 is 2.45. The van der Waals surface area contributed by atoms with Gasteiger partial charge in [0, 0.05) is 32.3 Å². The lowest BCUT2D eigenvalue weighted by Crippen LogP contribution is -1.85. The quantitative estimate of drug-likeness (QED) is 0.321. The predicted molar refractivity (Wildman–Crippen MR) is 105 cm³/mol. The van der Waals surface area contributed by atoms with E-state index in [2.05, 4.69) is 54.6 Å². The van der Waals surface area contributed by atoms with Crippen LogP contribution >= 0.6 is 22.9 Å². The fourth-order valence-corrected chi connectivity index (χ4v) is 4.65. The van der Waals surface area contributed by atoms with E-state index in [4.69, 9.17) is 16.6 Å². The molecule has 0 fully saturated rings. The van der Waals surface area contributed by atoms with E-state index in [0.717, 1.165) is 10.7 Å². The second-order valence-corrected chi connectivity index (χ2v) is 7.29. The molecular formula is C21H12ClNS. The van der Waals surface area contributed by atoms with Crippen LogP contribution in [-0.4, -0.2) is 4.98 Å². The van der Waals surface area contributed by atoms with Gasteiger partial charge in [-0.25, -0.2) is 0 Å². The van der Waals surface area contributed by atoms with Gasteiger partial charge in [-0.15, -0.1) is 11.3 Å². The van der Waals surface area contributed by atoms with E-state index in [9.17, 15) is 0 Å². The Morgan fingerprint density at radius 1 is 0.792 bits per heavy atom. The molecule has 0 bridgehead atoms. The molecule has 2 heterocycles. The highest BCUT2D eigenvalue weighted by molar-refractivity contribution is 7.26. The van der Waals surface area contributed by atoms with Crippen LogP contribution in [-0.2, 0) is 0 Å². The minimum atomic E-state index is 0.769. The van der Waals surface area contributed by atoms with Gasteiger partial charge in [0.1, 0.15) is 0 Å². The number of halogens is 1. The summed E-state index contributed by atoms with van der Waals surface area (Å²) in [7, 11) is 0. The van der Waals surface area contributed by atoms with Crippen molar-refractivity contribution in [3.63, 3.8) is 0 Å². The number of benzene rings is 3. The van der Waals surface area contributed by atoms with Crippen molar-refractivity contribution >= 4 is 53.9 Å². The predicted octanol–water partition coefficient (Wildman–Crippen LogP) is 6.92. The number of fused-ring (bicyclic) bond motifs is 4. The van der Waals surface area contributed by atoms with Crippen molar-refractivity contribution in [1.29, 1.82) is 0 Å². The number of rotatable bonds is 1. The number of pyridine rings is 1. The molecule has 3 aromatic carbocycles. The van der Waals surface area contributed by atoms with Crippen molar-refractivity contribution in [3.8, 4) is 11.3 Å². The molecule has 0 saturated carbocycles. The number of hydrogen-bond acceptors (Lipinski definition) is 2. The van der Waals surface area contributed by atoms with Gasteiger partial charge in [0.15, 0.2) is 0 Å². The monoisotopic (exact) mass is 345 g/mol. The summed E-state index contributed by atoms with van der Waals surface area (Å²) in [6.45, 7) is 0. The Labute approximate surface area is 148 Å². The van der Waals surface area contributed by atoms with Crippen molar-refractivity contribution < 1.29 is 0 Å². The second kappa shape index (κ2) is 5.30. The minimum absolute atomic E-state index is 0.769. The maximum atomic E-state index is 6.20. The fraction of sp³-hybridized carbons (Fsp3) is 0. The molecule has 0 radical (unpaired) electrons. The van der Waals surface area contributed by atoms with Gasteiger partial charge in [0.05, 0.1) is 10.4 Å². The standard InChI is InChI=1S/C21H12ClNS/c22-14-8-9-19-18(12-14)17-10-11-23-20(21(17)24-19)16-7-3-5-13-4-1-2-6-15(13)16/h1-12H. The first-order chi connectivity index (χ1) is 11.8. The van der Waals surface area contributed by atoms with Crippen LogP contribution in [0.5, 0.6) is 0 Å². The lowest BCUT2D eigenvalue weighted by atomic mass is 10.0. The summed E-state index contributed by atoms with van der Waals surface area (Å²) in [6, 6.07) is 23.0. The van der Waals surface area contributed by atoms with E-state index in [1.807, 2.05) is 18.3 Å². The lowest BCUT2D eigenvalue weighted by molar-refractivity contribution is 1.37. The minimum Gasteiger partial charge on any atom is -0.255 e. The van der Waals surface area contributed by atoms with E-state index < -0.39 is 0 Å². The normalized spacial score (nSPS) is 11.5. The van der Waals surface area contributed by atoms with Gasteiger partial charge in [0.25, 0.3) is 0 Å². The van der Waals surface area contributed by atoms with Crippen molar-refractivity contribution in [2.45, 2.75) is 0 Å². The smallest absolute Gasteiger partial charge is 0.0886 e. The molecule has 114 valence electrons. The second-order valence-electron chi connectivity index (χ2n) is 5.81. The third-order valence-electron chi connectivity index (χ3n) is 4.39. The van der Waals surface area contributed by atoms with Gasteiger partial charge < -0.3 is 0 Å². The highest BCUT2D eigenvalue weighted by Crippen LogP contribution is 2.41. The van der Waals surface area contributed by atoms with Crippen LogP contribution in [0.4, 0.5) is 0 Å². The van der Waals surface area contributed by atoms with E-state index in [1.165, 1.54) is 36.5 Å². The topological polar surface area (TPSA) is 12.9 Å². The Morgan fingerprint density at radius 3 is 2.62 bits per heavy atom. The summed E-state index contributed by atoms with van der Waals surface area (Å²) in [6.07, 6.45) is 1.90. The Balaban J connectivity index is 1.91. The van der Waals surface area contributed by atoms with Gasteiger partial charge in [-0.05, 0) is 35.0 Å². The largest absolute Gasteiger partial charge is 0.255 e. The van der Waals surface area contributed by atoms with Crippen LogP contribution < -0.4 is 0 Å². The van der Waals surface area contributed by atoms with Crippen LogP contribution in [0, 0.1) is 0 Å². The molecule has 0 aliphatic heterocycles. The van der Waals surface area contributed by atoms with Crippen LogP contribution in [0.1, 0.15) is 0 Å². The molecule has 5 aromatic rings. The number of hydrogen-bond donors (Lipinski definition) is 0. The Hall–Kier alpha value is -2.42. The summed E-state index contributed by atoms with van der Waals surface area (Å²) in [4.78, 5) is 4.72. The van der Waals surface area contributed by atoms with Crippen LogP contribution in [0.25, 0.3) is 42.2 Å². The summed E-state index contributed by atoms with van der Waals surface area (Å²) in [5, 5.41) is 5.65. The summed E-state index contributed by atoms with van der Waals surface area (Å²) in [5.41, 5.74) is 2.22. The zero-order valence-corrected chi connectivity index (χ0v) is 14.2. The first-order valence-electron chi connectivity index (χ1n) is 7.76. The molecule has 3 heteroatoms. The first-order valence-corrected chi connectivity index (χ1v) is 8.95. The highest BCUT2D eigenvalue weighted by atomic mass is 35.5. The summed E-state index contributed by atoms with van der Waals surface area (Å²) in [5.74, 6) is 0. The molecule has 5 rings (SSSR count). The number of aromatic nitrogens is 1. The Morgan fingerprint density at radius 2 is 1.67 bits per heavy atom. The van der Waals surface area contributed by atoms with Crippen molar-refractivity contribution in [3.05, 3.63) is 77.9 Å². The molecule has 2 aromatic heterocycles. The molecule has 0 amide bonds. The zero-order valence-electron chi connectivity index (χ0n) is 12.7. The van der Waals surface area contributed by atoms with Gasteiger partial charge in [-0.1, -0.05) is 54.1 Å². The van der Waals surface area contributed by atoms with Crippen LogP contribution in [0.15, 0.2) is 72.9 Å². The third kappa shape index (κ3) is 2.04. The van der Waals surface area contributed by atoms with E-state index in [1.54, 1.807) is 11.3 Å². The first kappa shape index (κ1) is 14.0. The van der Waals surface area contributed by atoms with E-state index in [-0.39, 0.29) is 0 Å². The van der Waals surface area contributed by atoms with E-state index in [0.29, 0.717) is 0 Å². The molecule has 0 saturated heterocycles. The maximum absolute atomic E-state index is 6.20. The van der Waals surface area contributed by atoms with Gasteiger partial charge in [0.2, 0.25) is 0 Å². The summed E-state index contributed by atoms with van der Waals surface area (Å²) >= 11 is 7.98. The number of nitrogens with zero attached hydrogens (tertiary/aromatic N) is 1. The molecule has 0 aliphatic carbocycles. The van der Waals surface area contributed by atoms with Gasteiger partial charge >= 0.3 is 0 Å². The Bertz CT molecular complexity index is 1220. The molecule has 1 nitrogen and oxygen atoms in total. The van der Waals surface area contributed by atoms with E-state index >= 15 is 0 Å². The van der Waals surface area contributed by atoms with Crippen LogP contribution in [0.3, 0.4) is 0 Å². The van der Waals surface area contributed by atoms with Crippen molar-refractivity contribution in [1.82, 2.24) is 4.98 Å². The molecule has 0 unspecified atom stereocenters. The third-order valence-corrected chi connectivity index (χ3v) is 5.82. The van der Waals surface area contributed by atoms with Crippen LogP contribution in [0.2, 0.25) is 5.02 Å². The molecule has 24 heavy (non-hydrogen) atoms. The SMILES string of the molecule is Clc1ccc2sc3c(-c4cccc5ccccc45)nccc3c2c1. The zero-order chi connectivity index (χ0) is 16.1. The fourth-order valence-electron chi connectivity index (χ4n) is 3.30. The highest BCUT2D eigenvalue weighted by Gasteiger charge is 2.13. The maximum Gasteiger partial charge on any atom is 0.0886 e. The van der Waals surface area contributed by atoms with Gasteiger partial charge in [-0.2, -0.15) is 0 Å². The average Bonchev–Trinajstić information content (AvgIpc) is 2.99.